The fraction of sp³-hybridized carbons (Fsp3) is 0.176. The van der Waals surface area contributed by atoms with Crippen LogP contribution in [0.2, 0.25) is 0 Å². The molecule has 0 saturated heterocycles. The summed E-state index contributed by atoms with van der Waals surface area (Å²) in [6.45, 7) is 1.95. The number of aryl methyl sites for hydroxylation is 1. The summed E-state index contributed by atoms with van der Waals surface area (Å²) < 4.78 is 3.46. The van der Waals surface area contributed by atoms with Gasteiger partial charge < -0.3 is 5.11 Å². The van der Waals surface area contributed by atoms with Crippen molar-refractivity contribution < 1.29 is 5.11 Å². The highest BCUT2D eigenvalue weighted by Crippen LogP contribution is 2.24. The van der Waals surface area contributed by atoms with Crippen molar-refractivity contribution in [1.82, 2.24) is 29.4 Å². The number of nitrogens with zero attached hydrogens (tertiary/aromatic N) is 6. The molecular weight excluding hydrogens is 304 g/mol. The molecule has 4 heterocycles. The molecule has 0 amide bonds. The molecule has 24 heavy (non-hydrogen) atoms. The summed E-state index contributed by atoms with van der Waals surface area (Å²) in [6, 6.07) is 5.67. The standard InChI is InChI=1S/C17H16N6O/c1-2-12-9-23-17(21-15(12)11-24)14(8-20-23)13-7-19-22(10-13)16-5-3-4-6-18-16/h3-10,24H,2,11H2,1H3. The molecule has 4 aromatic heterocycles. The van der Waals surface area contributed by atoms with E-state index in [0.717, 1.165) is 28.9 Å². The highest BCUT2D eigenvalue weighted by atomic mass is 16.3. The van der Waals surface area contributed by atoms with Gasteiger partial charge in [0, 0.05) is 29.7 Å². The predicted molar refractivity (Wildman–Crippen MR) is 88.6 cm³/mol. The second-order valence-corrected chi connectivity index (χ2v) is 5.41. The maximum atomic E-state index is 9.54. The van der Waals surface area contributed by atoms with Crippen molar-refractivity contribution in [2.24, 2.45) is 0 Å². The number of fused-ring (bicyclic) bond motifs is 1. The minimum absolute atomic E-state index is 0.0858. The van der Waals surface area contributed by atoms with E-state index in [1.807, 2.05) is 37.5 Å². The van der Waals surface area contributed by atoms with Crippen LogP contribution in [-0.2, 0) is 13.0 Å². The number of aliphatic hydroxyl groups excluding tert-OH is 1. The molecule has 1 N–H and O–H groups in total. The van der Waals surface area contributed by atoms with E-state index in [4.69, 9.17) is 0 Å². The number of aromatic nitrogens is 6. The number of hydrogen-bond donors (Lipinski definition) is 1. The van der Waals surface area contributed by atoms with Gasteiger partial charge >= 0.3 is 0 Å². The van der Waals surface area contributed by atoms with Crippen LogP contribution in [0.3, 0.4) is 0 Å². The number of aliphatic hydroxyl groups is 1. The molecule has 0 radical (unpaired) electrons. The summed E-state index contributed by atoms with van der Waals surface area (Å²) >= 11 is 0. The first-order chi connectivity index (χ1) is 11.8. The van der Waals surface area contributed by atoms with Crippen molar-refractivity contribution >= 4 is 5.65 Å². The molecule has 4 rings (SSSR count). The SMILES string of the molecule is CCc1cn2ncc(-c3cnn(-c4ccccn4)c3)c2nc1CO. The zero-order valence-corrected chi connectivity index (χ0v) is 13.2. The summed E-state index contributed by atoms with van der Waals surface area (Å²) in [5.74, 6) is 0.748. The summed E-state index contributed by atoms with van der Waals surface area (Å²) in [4.78, 5) is 8.87. The molecule has 0 aromatic carbocycles. The third kappa shape index (κ3) is 2.35. The van der Waals surface area contributed by atoms with Gasteiger partial charge in [-0.2, -0.15) is 10.2 Å². The van der Waals surface area contributed by atoms with Gasteiger partial charge in [-0.15, -0.1) is 0 Å². The van der Waals surface area contributed by atoms with Crippen molar-refractivity contribution in [2.45, 2.75) is 20.0 Å². The van der Waals surface area contributed by atoms with Gasteiger partial charge in [-0.1, -0.05) is 13.0 Å². The molecule has 120 valence electrons. The number of pyridine rings is 1. The second-order valence-electron chi connectivity index (χ2n) is 5.41. The monoisotopic (exact) mass is 320 g/mol. The lowest BCUT2D eigenvalue weighted by Gasteiger charge is -2.05. The molecule has 0 aliphatic carbocycles. The van der Waals surface area contributed by atoms with E-state index in [0.29, 0.717) is 11.3 Å². The highest BCUT2D eigenvalue weighted by molar-refractivity contribution is 5.76. The van der Waals surface area contributed by atoms with Gasteiger partial charge in [0.05, 0.1) is 24.7 Å². The minimum Gasteiger partial charge on any atom is -0.390 e. The van der Waals surface area contributed by atoms with Crippen LogP contribution in [0.1, 0.15) is 18.2 Å². The molecule has 0 spiro atoms. The van der Waals surface area contributed by atoms with Crippen LogP contribution in [0.15, 0.2) is 49.2 Å². The number of rotatable bonds is 4. The maximum Gasteiger partial charge on any atom is 0.163 e. The normalized spacial score (nSPS) is 11.2. The van der Waals surface area contributed by atoms with Gasteiger partial charge in [0.1, 0.15) is 0 Å². The molecule has 0 aliphatic rings. The second kappa shape index (κ2) is 5.86. The Morgan fingerprint density at radius 3 is 2.79 bits per heavy atom. The summed E-state index contributed by atoms with van der Waals surface area (Å²) in [5.41, 5.74) is 4.15. The van der Waals surface area contributed by atoms with Gasteiger partial charge in [-0.25, -0.2) is 19.2 Å². The third-order valence-electron chi connectivity index (χ3n) is 3.97. The average Bonchev–Trinajstić information content (AvgIpc) is 3.27. The van der Waals surface area contributed by atoms with E-state index < -0.39 is 0 Å². The Labute approximate surface area is 138 Å². The first-order valence-corrected chi connectivity index (χ1v) is 7.73. The van der Waals surface area contributed by atoms with Crippen molar-refractivity contribution in [3.63, 3.8) is 0 Å². The van der Waals surface area contributed by atoms with Crippen LogP contribution in [-0.4, -0.2) is 34.5 Å². The van der Waals surface area contributed by atoms with Crippen LogP contribution in [0.4, 0.5) is 0 Å². The van der Waals surface area contributed by atoms with Crippen LogP contribution < -0.4 is 0 Å². The van der Waals surface area contributed by atoms with Crippen LogP contribution in [0.5, 0.6) is 0 Å². The van der Waals surface area contributed by atoms with E-state index in [2.05, 4.69) is 20.2 Å². The maximum absolute atomic E-state index is 9.54. The lowest BCUT2D eigenvalue weighted by molar-refractivity contribution is 0.275. The average molecular weight is 320 g/mol. The summed E-state index contributed by atoms with van der Waals surface area (Å²) in [7, 11) is 0. The molecule has 0 saturated carbocycles. The molecule has 0 atom stereocenters. The van der Waals surface area contributed by atoms with E-state index in [9.17, 15) is 5.11 Å². The van der Waals surface area contributed by atoms with E-state index in [1.54, 1.807) is 27.8 Å². The third-order valence-corrected chi connectivity index (χ3v) is 3.97. The zero-order chi connectivity index (χ0) is 16.5. The molecular formula is C17H16N6O. The van der Waals surface area contributed by atoms with Crippen molar-refractivity contribution in [3.8, 4) is 16.9 Å². The molecule has 0 bridgehead atoms. The van der Waals surface area contributed by atoms with Gasteiger partial charge in [0.15, 0.2) is 11.5 Å². The Balaban J connectivity index is 1.81. The van der Waals surface area contributed by atoms with E-state index >= 15 is 0 Å². The summed E-state index contributed by atoms with van der Waals surface area (Å²) in [6.07, 6.45) is 9.87. The Morgan fingerprint density at radius 2 is 2.04 bits per heavy atom. The van der Waals surface area contributed by atoms with Crippen molar-refractivity contribution in [3.05, 3.63) is 60.4 Å². The molecule has 0 fully saturated rings. The number of hydrogen-bond acceptors (Lipinski definition) is 5. The first-order valence-electron chi connectivity index (χ1n) is 7.73. The first kappa shape index (κ1) is 14.5. The van der Waals surface area contributed by atoms with Gasteiger partial charge in [-0.05, 0) is 24.1 Å². The van der Waals surface area contributed by atoms with Gasteiger partial charge in [-0.3, -0.25) is 0 Å². The Morgan fingerprint density at radius 1 is 1.12 bits per heavy atom. The Kier molecular flexibility index (Phi) is 3.55. The summed E-state index contributed by atoms with van der Waals surface area (Å²) in [5, 5.41) is 18.3. The Hall–Kier alpha value is -3.06. The van der Waals surface area contributed by atoms with Crippen molar-refractivity contribution in [2.75, 3.05) is 0 Å². The molecule has 7 nitrogen and oxygen atoms in total. The van der Waals surface area contributed by atoms with Gasteiger partial charge in [0.2, 0.25) is 0 Å². The van der Waals surface area contributed by atoms with Crippen LogP contribution in [0, 0.1) is 0 Å². The lowest BCUT2D eigenvalue weighted by Crippen LogP contribution is -2.02. The zero-order valence-electron chi connectivity index (χ0n) is 13.2. The van der Waals surface area contributed by atoms with Gasteiger partial charge in [0.25, 0.3) is 0 Å². The molecule has 0 aliphatic heterocycles. The van der Waals surface area contributed by atoms with Crippen LogP contribution in [0.25, 0.3) is 22.6 Å². The highest BCUT2D eigenvalue weighted by Gasteiger charge is 2.13. The molecule has 4 aromatic rings. The minimum atomic E-state index is -0.0858. The van der Waals surface area contributed by atoms with E-state index in [1.165, 1.54) is 0 Å². The smallest absolute Gasteiger partial charge is 0.163 e. The quantitative estimate of drug-likeness (QED) is 0.622. The molecule has 0 unspecified atom stereocenters. The lowest BCUT2D eigenvalue weighted by atomic mass is 10.1. The van der Waals surface area contributed by atoms with Crippen LogP contribution >= 0.6 is 0 Å². The Bertz CT molecular complexity index is 989. The fourth-order valence-electron chi connectivity index (χ4n) is 2.70. The fourth-order valence-corrected chi connectivity index (χ4v) is 2.70. The topological polar surface area (TPSA) is 81.1 Å². The van der Waals surface area contributed by atoms with E-state index in [-0.39, 0.29) is 6.61 Å². The largest absolute Gasteiger partial charge is 0.390 e. The van der Waals surface area contributed by atoms with Crippen molar-refractivity contribution in [1.29, 1.82) is 0 Å². The molecule has 7 heteroatoms. The predicted octanol–water partition coefficient (Wildman–Crippen LogP) is 2.03.